The van der Waals surface area contributed by atoms with E-state index in [9.17, 15) is 8.42 Å². The van der Waals surface area contributed by atoms with Crippen LogP contribution >= 0.6 is 0 Å². The van der Waals surface area contributed by atoms with Crippen LogP contribution in [0.4, 0.5) is 5.95 Å². The van der Waals surface area contributed by atoms with Crippen molar-refractivity contribution in [2.75, 3.05) is 4.72 Å². The number of nitrogens with zero attached hydrogens (tertiary/aromatic N) is 2. The van der Waals surface area contributed by atoms with E-state index in [2.05, 4.69) is 14.9 Å². The Labute approximate surface area is 128 Å². The van der Waals surface area contributed by atoms with Gasteiger partial charge in [0, 0.05) is 12.8 Å². The van der Waals surface area contributed by atoms with Gasteiger partial charge in [-0.05, 0) is 30.6 Å². The monoisotopic (exact) mass is 323 g/mol. The molecule has 1 aliphatic heterocycles. The molecule has 0 amide bonds. The molecular formula is C14H17N3O4S. The van der Waals surface area contributed by atoms with Crippen LogP contribution in [-0.2, 0) is 22.9 Å². The molecule has 0 atom stereocenters. The van der Waals surface area contributed by atoms with Gasteiger partial charge in [-0.2, -0.15) is 4.98 Å². The maximum atomic E-state index is 12.6. The first-order valence-electron chi connectivity index (χ1n) is 6.97. The minimum absolute atomic E-state index is 0.0771. The predicted octanol–water partition coefficient (Wildman–Crippen LogP) is 2.15. The summed E-state index contributed by atoms with van der Waals surface area (Å²) in [6.07, 6.45) is 1.20. The van der Waals surface area contributed by atoms with E-state index < -0.39 is 15.6 Å². The third kappa shape index (κ3) is 2.66. The van der Waals surface area contributed by atoms with Crippen LogP contribution in [0.1, 0.15) is 32.2 Å². The Morgan fingerprint density at radius 1 is 1.36 bits per heavy atom. The third-order valence-corrected chi connectivity index (χ3v) is 4.69. The summed E-state index contributed by atoms with van der Waals surface area (Å²) in [5, 5.41) is 3.60. The van der Waals surface area contributed by atoms with Crippen molar-refractivity contribution >= 4 is 16.0 Å². The van der Waals surface area contributed by atoms with Crippen molar-refractivity contribution in [2.45, 2.75) is 44.1 Å². The molecule has 3 rings (SSSR count). The minimum atomic E-state index is -3.84. The summed E-state index contributed by atoms with van der Waals surface area (Å²) in [5.74, 6) is 0.680. The fraction of sp³-hybridized carbons (Fsp3) is 0.429. The van der Waals surface area contributed by atoms with Crippen LogP contribution in [-0.4, -0.2) is 24.2 Å². The number of aryl methyl sites for hydroxylation is 1. The summed E-state index contributed by atoms with van der Waals surface area (Å²) >= 11 is 0. The molecular weight excluding hydrogens is 306 g/mol. The quantitative estimate of drug-likeness (QED) is 0.926. The van der Waals surface area contributed by atoms with E-state index >= 15 is 0 Å². The molecule has 1 aromatic carbocycles. The molecule has 0 saturated carbocycles. The predicted molar refractivity (Wildman–Crippen MR) is 79.3 cm³/mol. The van der Waals surface area contributed by atoms with Gasteiger partial charge in [-0.15, -0.1) is 0 Å². The van der Waals surface area contributed by atoms with Crippen LogP contribution in [0.2, 0.25) is 0 Å². The zero-order chi connectivity index (χ0) is 16.0. The van der Waals surface area contributed by atoms with Crippen molar-refractivity contribution < 1.29 is 17.7 Å². The second kappa shape index (κ2) is 4.98. The van der Waals surface area contributed by atoms with Gasteiger partial charge in [0.25, 0.3) is 16.0 Å². The molecule has 0 radical (unpaired) electrons. The number of ether oxygens (including phenoxy) is 1. The van der Waals surface area contributed by atoms with Crippen molar-refractivity contribution in [2.24, 2.45) is 0 Å². The van der Waals surface area contributed by atoms with Crippen LogP contribution in [0.5, 0.6) is 5.75 Å². The molecule has 0 saturated heterocycles. The van der Waals surface area contributed by atoms with Crippen LogP contribution < -0.4 is 9.46 Å². The zero-order valence-corrected chi connectivity index (χ0v) is 13.4. The van der Waals surface area contributed by atoms with E-state index in [0.29, 0.717) is 24.5 Å². The fourth-order valence-electron chi connectivity index (χ4n) is 2.41. The average molecular weight is 323 g/mol. The number of benzene rings is 1. The zero-order valence-electron chi connectivity index (χ0n) is 12.6. The fourth-order valence-corrected chi connectivity index (χ4v) is 3.52. The van der Waals surface area contributed by atoms with Gasteiger partial charge in [-0.3, -0.25) is 0 Å². The normalized spacial score (nSPS) is 16.1. The molecule has 8 heteroatoms. The summed E-state index contributed by atoms with van der Waals surface area (Å²) in [4.78, 5) is 4.03. The van der Waals surface area contributed by atoms with Crippen molar-refractivity contribution in [3.8, 4) is 5.75 Å². The first-order valence-corrected chi connectivity index (χ1v) is 8.45. The van der Waals surface area contributed by atoms with Crippen LogP contribution in [0.25, 0.3) is 0 Å². The Morgan fingerprint density at radius 3 is 2.82 bits per heavy atom. The Bertz CT molecular complexity index is 811. The molecule has 1 N–H and O–H groups in total. The number of hydrogen-bond acceptors (Lipinski definition) is 6. The van der Waals surface area contributed by atoms with Gasteiger partial charge in [-0.1, -0.05) is 19.1 Å². The second-order valence-electron chi connectivity index (χ2n) is 5.75. The number of sulfonamides is 1. The third-order valence-electron chi connectivity index (χ3n) is 3.34. The smallest absolute Gasteiger partial charge is 0.277 e. The molecule has 0 bridgehead atoms. The number of para-hydroxylation sites is 1. The molecule has 118 valence electrons. The highest BCUT2D eigenvalue weighted by Gasteiger charge is 2.35. The Morgan fingerprint density at radius 2 is 2.14 bits per heavy atom. The number of anilines is 1. The molecule has 0 fully saturated rings. The lowest BCUT2D eigenvalue weighted by Gasteiger charge is -2.18. The molecule has 1 aliphatic rings. The lowest BCUT2D eigenvalue weighted by Crippen LogP contribution is -2.25. The number of rotatable bonds is 4. The molecule has 2 heterocycles. The van der Waals surface area contributed by atoms with Crippen LogP contribution in [0, 0.1) is 0 Å². The van der Waals surface area contributed by atoms with E-state index in [1.54, 1.807) is 6.07 Å². The highest BCUT2D eigenvalue weighted by Crippen LogP contribution is 2.39. The first kappa shape index (κ1) is 14.8. The molecule has 2 aromatic rings. The second-order valence-corrected chi connectivity index (χ2v) is 7.40. The lowest BCUT2D eigenvalue weighted by atomic mass is 10.0. The van der Waals surface area contributed by atoms with E-state index in [1.165, 1.54) is 6.07 Å². The van der Waals surface area contributed by atoms with Crippen molar-refractivity contribution in [1.82, 2.24) is 10.1 Å². The van der Waals surface area contributed by atoms with Crippen molar-refractivity contribution in [3.63, 3.8) is 0 Å². The first-order chi connectivity index (χ1) is 10.3. The number of hydrogen-bond donors (Lipinski definition) is 1. The van der Waals surface area contributed by atoms with Gasteiger partial charge in [0.05, 0.1) is 0 Å². The summed E-state index contributed by atoms with van der Waals surface area (Å²) in [6, 6.07) is 5.07. The summed E-state index contributed by atoms with van der Waals surface area (Å²) in [7, 11) is -3.84. The summed E-state index contributed by atoms with van der Waals surface area (Å²) in [5.41, 5.74) is 0.449. The Balaban J connectivity index is 1.96. The summed E-state index contributed by atoms with van der Waals surface area (Å²) < 4.78 is 38.1. The van der Waals surface area contributed by atoms with Gasteiger partial charge >= 0.3 is 0 Å². The van der Waals surface area contributed by atoms with E-state index in [0.717, 1.165) is 5.56 Å². The maximum Gasteiger partial charge on any atom is 0.277 e. The number of aromatic nitrogens is 2. The maximum absolute atomic E-state index is 12.6. The molecule has 0 unspecified atom stereocenters. The SMILES string of the molecule is CCc1nc(NS(=O)(=O)c2cccc3c2OC(C)(C)C3)no1. The molecule has 22 heavy (non-hydrogen) atoms. The standard InChI is InChI=1S/C14H17N3O4S/c1-4-11-15-13(16-21-11)17-22(18,19)10-7-5-6-9-8-14(2,3)20-12(9)10/h5-7H,4,8H2,1-3H3,(H,16,17). The topological polar surface area (TPSA) is 94.3 Å². The van der Waals surface area contributed by atoms with E-state index in [1.807, 2.05) is 26.8 Å². The summed E-state index contributed by atoms with van der Waals surface area (Å²) in [6.45, 7) is 5.68. The lowest BCUT2D eigenvalue weighted by molar-refractivity contribution is 0.135. The van der Waals surface area contributed by atoms with Gasteiger partial charge in [0.2, 0.25) is 5.89 Å². The number of fused-ring (bicyclic) bond motifs is 1. The van der Waals surface area contributed by atoms with E-state index in [-0.39, 0.29) is 10.8 Å². The molecule has 0 aliphatic carbocycles. The van der Waals surface area contributed by atoms with Gasteiger partial charge in [0.1, 0.15) is 16.2 Å². The Hall–Kier alpha value is -2.09. The Kier molecular flexibility index (Phi) is 3.36. The average Bonchev–Trinajstić information content (AvgIpc) is 2.99. The van der Waals surface area contributed by atoms with Crippen molar-refractivity contribution in [3.05, 3.63) is 29.7 Å². The molecule has 1 aromatic heterocycles. The van der Waals surface area contributed by atoms with Crippen molar-refractivity contribution in [1.29, 1.82) is 0 Å². The van der Waals surface area contributed by atoms with E-state index in [4.69, 9.17) is 9.26 Å². The van der Waals surface area contributed by atoms with Crippen LogP contribution in [0.15, 0.2) is 27.6 Å². The van der Waals surface area contributed by atoms with Gasteiger partial charge in [-0.25, -0.2) is 13.1 Å². The van der Waals surface area contributed by atoms with Gasteiger partial charge < -0.3 is 9.26 Å². The largest absolute Gasteiger partial charge is 0.486 e. The minimum Gasteiger partial charge on any atom is -0.486 e. The highest BCUT2D eigenvalue weighted by molar-refractivity contribution is 7.92. The molecule has 7 nitrogen and oxygen atoms in total. The number of nitrogens with one attached hydrogen (secondary N) is 1. The highest BCUT2D eigenvalue weighted by atomic mass is 32.2. The van der Waals surface area contributed by atoms with Crippen LogP contribution in [0.3, 0.4) is 0 Å². The molecule has 0 spiro atoms. The van der Waals surface area contributed by atoms with Gasteiger partial charge in [0.15, 0.2) is 0 Å².